The number of rotatable bonds is 8. The van der Waals surface area contributed by atoms with Crippen LogP contribution in [0.15, 0.2) is 4.99 Å². The van der Waals surface area contributed by atoms with Crippen molar-refractivity contribution in [1.29, 1.82) is 0 Å². The Kier molecular flexibility index (Phi) is 9.84. The first-order valence-corrected chi connectivity index (χ1v) is 13.6. The van der Waals surface area contributed by atoms with E-state index in [2.05, 4.69) is 29.1 Å². The molecule has 3 aliphatic rings. The molecule has 1 unspecified atom stereocenters. The molecule has 0 aromatic carbocycles. The van der Waals surface area contributed by atoms with Crippen molar-refractivity contribution in [3.05, 3.63) is 0 Å². The number of aliphatic carboxylic acids is 1. The molecule has 0 spiro atoms. The molecule has 2 amide bonds. The molecule has 0 saturated heterocycles. The minimum Gasteiger partial charge on any atom is -0.481 e. The van der Waals surface area contributed by atoms with Crippen LogP contribution in [0, 0.1) is 5.92 Å². The molecule has 0 aromatic rings. The lowest BCUT2D eigenvalue weighted by atomic mass is 9.87. The van der Waals surface area contributed by atoms with Crippen LogP contribution in [0.5, 0.6) is 0 Å². The molecule has 0 bridgehead atoms. The molecule has 2 fully saturated rings. The molecule has 1 atom stereocenters. The Hall–Kier alpha value is -0.930. The van der Waals surface area contributed by atoms with E-state index in [4.69, 9.17) is 9.84 Å². The summed E-state index contributed by atoms with van der Waals surface area (Å²) in [6.07, 6.45) is 10.1. The molecule has 0 aromatic heterocycles. The summed E-state index contributed by atoms with van der Waals surface area (Å²) in [6, 6.07) is 0.524. The molecule has 176 valence electrons. The fraction of sp³-hybridized carbons (Fsp3) is 0.864. The molecule has 2 saturated carbocycles. The first kappa shape index (κ1) is 24.7. The maximum atomic E-state index is 13.4. The van der Waals surface area contributed by atoms with Gasteiger partial charge in [0.15, 0.2) is 5.17 Å². The zero-order chi connectivity index (χ0) is 22.2. The second kappa shape index (κ2) is 12.3. The maximum Gasteiger partial charge on any atom is 0.323 e. The number of carboxylic acids is 1. The van der Waals surface area contributed by atoms with Crippen LogP contribution in [0.1, 0.15) is 71.6 Å². The number of hydrogen-bond donors (Lipinski definition) is 2. The zero-order valence-electron chi connectivity index (χ0n) is 18.8. The van der Waals surface area contributed by atoms with Crippen molar-refractivity contribution in [3.8, 4) is 0 Å². The van der Waals surface area contributed by atoms with Gasteiger partial charge in [0.2, 0.25) is 0 Å². The number of urea groups is 1. The van der Waals surface area contributed by atoms with Gasteiger partial charge in [0, 0.05) is 18.7 Å². The van der Waals surface area contributed by atoms with E-state index in [-0.39, 0.29) is 22.4 Å². The van der Waals surface area contributed by atoms with Gasteiger partial charge in [-0.15, -0.1) is 11.8 Å². The van der Waals surface area contributed by atoms with Crippen LogP contribution >= 0.6 is 23.5 Å². The first-order chi connectivity index (χ1) is 14.9. The predicted octanol–water partition coefficient (Wildman–Crippen LogP) is 4.56. The van der Waals surface area contributed by atoms with Crippen molar-refractivity contribution in [3.63, 3.8) is 0 Å². The molecule has 2 aliphatic carbocycles. The van der Waals surface area contributed by atoms with Gasteiger partial charge >= 0.3 is 12.0 Å². The van der Waals surface area contributed by atoms with E-state index in [1.807, 2.05) is 0 Å². The van der Waals surface area contributed by atoms with E-state index in [0.29, 0.717) is 29.8 Å². The summed E-state index contributed by atoms with van der Waals surface area (Å²) < 4.78 is 6.11. The van der Waals surface area contributed by atoms with Crippen molar-refractivity contribution in [2.24, 2.45) is 10.9 Å². The van der Waals surface area contributed by atoms with Crippen LogP contribution in [-0.2, 0) is 9.53 Å². The van der Waals surface area contributed by atoms with Gasteiger partial charge in [-0.2, -0.15) is 0 Å². The van der Waals surface area contributed by atoms with E-state index in [1.165, 1.54) is 42.8 Å². The van der Waals surface area contributed by atoms with E-state index < -0.39 is 5.97 Å². The number of amidine groups is 1. The number of nitrogens with one attached hydrogen (secondary N) is 1. The van der Waals surface area contributed by atoms with Crippen LogP contribution in [0.25, 0.3) is 0 Å². The second-order valence-electron chi connectivity index (χ2n) is 9.18. The van der Waals surface area contributed by atoms with E-state index in [1.54, 1.807) is 0 Å². The van der Waals surface area contributed by atoms with Gasteiger partial charge in [0.25, 0.3) is 0 Å². The van der Waals surface area contributed by atoms with Gasteiger partial charge in [-0.25, -0.2) is 4.79 Å². The van der Waals surface area contributed by atoms with Gasteiger partial charge in [0.05, 0.1) is 23.0 Å². The fourth-order valence-electron chi connectivity index (χ4n) is 4.64. The van der Waals surface area contributed by atoms with Gasteiger partial charge in [-0.1, -0.05) is 44.9 Å². The van der Waals surface area contributed by atoms with Gasteiger partial charge in [-0.3, -0.25) is 15.1 Å². The van der Waals surface area contributed by atoms with Crippen molar-refractivity contribution < 1.29 is 19.4 Å². The number of nitrogens with zero attached hydrogens (tertiary/aromatic N) is 2. The monoisotopic (exact) mass is 471 g/mol. The first-order valence-electron chi connectivity index (χ1n) is 11.7. The number of carboxylic acid groups (broad SMARTS) is 1. The number of carbonyl (C=O) groups is 2. The Morgan fingerprint density at radius 1 is 1.16 bits per heavy atom. The summed E-state index contributed by atoms with van der Waals surface area (Å²) in [4.78, 5) is 30.7. The van der Waals surface area contributed by atoms with E-state index in [9.17, 15) is 9.59 Å². The summed E-state index contributed by atoms with van der Waals surface area (Å²) in [7, 11) is 0. The largest absolute Gasteiger partial charge is 0.481 e. The highest BCUT2D eigenvalue weighted by molar-refractivity contribution is 8.25. The van der Waals surface area contributed by atoms with Crippen molar-refractivity contribution in [2.45, 2.75) is 94.4 Å². The lowest BCUT2D eigenvalue weighted by molar-refractivity contribution is -0.133. The topological polar surface area (TPSA) is 91.2 Å². The highest BCUT2D eigenvalue weighted by atomic mass is 32.2. The van der Waals surface area contributed by atoms with Crippen LogP contribution in [0.3, 0.4) is 0 Å². The van der Waals surface area contributed by atoms with Crippen molar-refractivity contribution >= 4 is 40.7 Å². The summed E-state index contributed by atoms with van der Waals surface area (Å²) in [5.41, 5.74) is 0. The summed E-state index contributed by atoms with van der Waals surface area (Å²) in [5, 5.41) is 12.6. The Morgan fingerprint density at radius 3 is 2.48 bits per heavy atom. The number of carbonyl (C=O) groups excluding carboxylic acids is 1. The number of aliphatic imine (C=N–C) groups is 1. The Morgan fingerprint density at radius 2 is 1.84 bits per heavy atom. The number of ether oxygens (including phenoxy) is 1. The van der Waals surface area contributed by atoms with Crippen LogP contribution in [0.4, 0.5) is 4.79 Å². The van der Waals surface area contributed by atoms with Gasteiger partial charge in [-0.05, 0) is 44.4 Å². The Balaban J connectivity index is 1.55. The Bertz CT molecular complexity index is 632. The highest BCUT2D eigenvalue weighted by Gasteiger charge is 2.35. The third-order valence-electron chi connectivity index (χ3n) is 6.14. The third-order valence-corrected chi connectivity index (χ3v) is 8.64. The average molecular weight is 472 g/mol. The molecule has 0 radical (unpaired) electrons. The lowest BCUT2D eigenvalue weighted by Crippen LogP contribution is -2.54. The van der Waals surface area contributed by atoms with Gasteiger partial charge in [0.1, 0.15) is 0 Å². The van der Waals surface area contributed by atoms with Crippen LogP contribution in [-0.4, -0.2) is 68.8 Å². The molecule has 2 N–H and O–H groups in total. The molecule has 3 rings (SSSR count). The number of hydrogen-bond acceptors (Lipinski definition) is 6. The number of amides is 2. The zero-order valence-corrected chi connectivity index (χ0v) is 20.4. The SMILES string of the molecule is CC(C)CO[C@H]1CC[C@H](N(C(=O)NC2=NCC(SCC(=O)O)S2)C2CCCCC2)CC1. The Labute approximate surface area is 194 Å². The number of thioether (sulfide) groups is 2. The van der Waals surface area contributed by atoms with Crippen LogP contribution < -0.4 is 5.32 Å². The summed E-state index contributed by atoms with van der Waals surface area (Å²) >= 11 is 2.84. The van der Waals surface area contributed by atoms with Crippen molar-refractivity contribution in [2.75, 3.05) is 18.9 Å². The molecule has 1 aliphatic heterocycles. The highest BCUT2D eigenvalue weighted by Crippen LogP contribution is 2.33. The standard InChI is InChI=1S/C22H37N3O4S2/c1-15(2)13-29-18-10-8-17(9-11-18)25(16-6-4-3-5-7-16)22(28)24-21-23-12-20(31-21)30-14-19(26)27/h15-18,20H,3-14H2,1-2H3,(H,26,27)(H,23,24,28)/t17-,18-,20?. The quantitative estimate of drug-likeness (QED) is 0.539. The molecular weight excluding hydrogens is 434 g/mol. The molecule has 31 heavy (non-hydrogen) atoms. The third kappa shape index (κ3) is 7.86. The predicted molar refractivity (Wildman–Crippen MR) is 128 cm³/mol. The minimum absolute atomic E-state index is 0.0337. The normalized spacial score (nSPS) is 27.2. The summed E-state index contributed by atoms with van der Waals surface area (Å²) in [6.45, 7) is 5.70. The fourth-order valence-corrected chi connectivity index (χ4v) is 6.59. The molecule has 9 heteroatoms. The van der Waals surface area contributed by atoms with Crippen molar-refractivity contribution in [1.82, 2.24) is 10.2 Å². The summed E-state index contributed by atoms with van der Waals surface area (Å²) in [5.74, 6) is -0.214. The van der Waals surface area contributed by atoms with Gasteiger partial charge < -0.3 is 14.7 Å². The average Bonchev–Trinajstić information content (AvgIpc) is 3.20. The second-order valence-corrected chi connectivity index (χ2v) is 11.9. The smallest absolute Gasteiger partial charge is 0.323 e. The van der Waals surface area contributed by atoms with E-state index >= 15 is 0 Å². The molecule has 1 heterocycles. The minimum atomic E-state index is -0.820. The maximum absolute atomic E-state index is 13.4. The molecular formula is C22H37N3O4S2. The van der Waals surface area contributed by atoms with E-state index in [0.717, 1.165) is 45.1 Å². The lowest BCUT2D eigenvalue weighted by Gasteiger charge is -2.42. The molecule has 7 nitrogen and oxygen atoms in total. The van der Waals surface area contributed by atoms with Crippen LogP contribution in [0.2, 0.25) is 0 Å².